The highest BCUT2D eigenvalue weighted by atomic mass is 79.9. The van der Waals surface area contributed by atoms with Gasteiger partial charge in [0.25, 0.3) is 0 Å². The molecule has 0 bridgehead atoms. The minimum atomic E-state index is 0.0359. The third-order valence-electron chi connectivity index (χ3n) is 3.33. The van der Waals surface area contributed by atoms with Crippen molar-refractivity contribution in [3.63, 3.8) is 0 Å². The number of ether oxygens (including phenoxy) is 1. The molecule has 0 aliphatic carbocycles. The van der Waals surface area contributed by atoms with E-state index < -0.39 is 0 Å². The molecule has 108 valence electrons. The van der Waals surface area contributed by atoms with Crippen molar-refractivity contribution < 1.29 is 4.74 Å². The van der Waals surface area contributed by atoms with Crippen molar-refractivity contribution >= 4 is 21.6 Å². The molecule has 0 aromatic heterocycles. The first-order valence-electron chi connectivity index (χ1n) is 6.66. The smallest absolute Gasteiger partial charge is 0.124 e. The van der Waals surface area contributed by atoms with Crippen LogP contribution in [0.25, 0.3) is 0 Å². The Morgan fingerprint density at radius 2 is 2.00 bits per heavy atom. The fraction of sp³-hybridized carbons (Fsp3) is 0.235. The van der Waals surface area contributed by atoms with Crippen molar-refractivity contribution in [1.29, 1.82) is 5.26 Å². The maximum Gasteiger partial charge on any atom is 0.124 e. The minimum absolute atomic E-state index is 0.0359. The number of aryl methyl sites for hydroxylation is 1. The van der Waals surface area contributed by atoms with Gasteiger partial charge in [0.2, 0.25) is 0 Å². The molecule has 2 rings (SSSR count). The van der Waals surface area contributed by atoms with Gasteiger partial charge in [0.05, 0.1) is 24.4 Å². The monoisotopic (exact) mass is 344 g/mol. The van der Waals surface area contributed by atoms with E-state index in [1.54, 1.807) is 13.2 Å². The molecule has 2 aromatic carbocycles. The minimum Gasteiger partial charge on any atom is -0.496 e. The predicted octanol–water partition coefficient (Wildman–Crippen LogP) is 4.81. The Morgan fingerprint density at radius 1 is 1.24 bits per heavy atom. The molecule has 0 aliphatic heterocycles. The molecule has 0 saturated carbocycles. The van der Waals surface area contributed by atoms with Gasteiger partial charge in [-0.25, -0.2) is 0 Å². The summed E-state index contributed by atoms with van der Waals surface area (Å²) in [6.45, 7) is 4.09. The van der Waals surface area contributed by atoms with Crippen LogP contribution >= 0.6 is 15.9 Å². The lowest BCUT2D eigenvalue weighted by Gasteiger charge is -2.19. The van der Waals surface area contributed by atoms with E-state index in [0.29, 0.717) is 5.56 Å². The van der Waals surface area contributed by atoms with E-state index in [-0.39, 0.29) is 6.04 Å². The summed E-state index contributed by atoms with van der Waals surface area (Å²) < 4.78 is 6.34. The lowest BCUT2D eigenvalue weighted by atomic mass is 10.0. The number of nitrogens with one attached hydrogen (secondary N) is 1. The number of anilines is 1. The number of hydrogen-bond acceptors (Lipinski definition) is 3. The van der Waals surface area contributed by atoms with E-state index in [9.17, 15) is 5.26 Å². The molecule has 21 heavy (non-hydrogen) atoms. The normalized spacial score (nSPS) is 11.6. The highest BCUT2D eigenvalue weighted by molar-refractivity contribution is 9.10. The molecular weight excluding hydrogens is 328 g/mol. The predicted molar refractivity (Wildman–Crippen MR) is 88.6 cm³/mol. The summed E-state index contributed by atoms with van der Waals surface area (Å²) in [6.07, 6.45) is 0. The highest BCUT2D eigenvalue weighted by Gasteiger charge is 2.13. The van der Waals surface area contributed by atoms with E-state index in [1.165, 1.54) is 0 Å². The molecule has 2 aromatic rings. The zero-order valence-electron chi connectivity index (χ0n) is 12.3. The van der Waals surface area contributed by atoms with Crippen LogP contribution in [0, 0.1) is 18.3 Å². The largest absolute Gasteiger partial charge is 0.496 e. The molecule has 0 saturated heterocycles. The highest BCUT2D eigenvalue weighted by Crippen LogP contribution is 2.30. The van der Waals surface area contributed by atoms with Gasteiger partial charge in [-0.15, -0.1) is 0 Å². The molecule has 1 N–H and O–H groups in total. The number of halogens is 1. The van der Waals surface area contributed by atoms with Gasteiger partial charge in [0.15, 0.2) is 0 Å². The second kappa shape index (κ2) is 6.64. The molecule has 1 atom stereocenters. The van der Waals surface area contributed by atoms with E-state index in [0.717, 1.165) is 27.0 Å². The first-order chi connectivity index (χ1) is 10.0. The lowest BCUT2D eigenvalue weighted by molar-refractivity contribution is 0.407. The fourth-order valence-electron chi connectivity index (χ4n) is 2.22. The van der Waals surface area contributed by atoms with Crippen LogP contribution in [0.5, 0.6) is 5.75 Å². The van der Waals surface area contributed by atoms with Crippen LogP contribution in [0.4, 0.5) is 5.69 Å². The fourth-order valence-corrected chi connectivity index (χ4v) is 2.58. The van der Waals surface area contributed by atoms with Crippen molar-refractivity contribution in [3.8, 4) is 11.8 Å². The quantitative estimate of drug-likeness (QED) is 0.865. The van der Waals surface area contributed by atoms with Gasteiger partial charge in [-0.1, -0.05) is 28.1 Å². The summed E-state index contributed by atoms with van der Waals surface area (Å²) in [6, 6.07) is 14.0. The molecule has 0 heterocycles. The second-order valence-corrected chi connectivity index (χ2v) is 5.83. The van der Waals surface area contributed by atoms with Gasteiger partial charge in [0.1, 0.15) is 11.8 Å². The zero-order valence-corrected chi connectivity index (χ0v) is 13.9. The summed E-state index contributed by atoms with van der Waals surface area (Å²) in [5.41, 5.74) is 3.65. The van der Waals surface area contributed by atoms with Gasteiger partial charge < -0.3 is 10.1 Å². The van der Waals surface area contributed by atoms with E-state index in [1.807, 2.05) is 25.1 Å². The molecular formula is C17H17BrN2O. The van der Waals surface area contributed by atoms with Gasteiger partial charge in [0, 0.05) is 10.0 Å². The Bertz CT molecular complexity index is 692. The molecule has 0 radical (unpaired) electrons. The number of methoxy groups -OCH3 is 1. The van der Waals surface area contributed by atoms with Gasteiger partial charge in [-0.3, -0.25) is 0 Å². The number of hydrogen-bond donors (Lipinski definition) is 1. The van der Waals surface area contributed by atoms with Crippen LogP contribution < -0.4 is 10.1 Å². The Labute approximate surface area is 133 Å². The molecule has 0 aliphatic rings. The summed E-state index contributed by atoms with van der Waals surface area (Å²) in [4.78, 5) is 0. The number of nitriles is 1. The molecule has 0 amide bonds. The number of benzene rings is 2. The van der Waals surface area contributed by atoms with Crippen molar-refractivity contribution in [2.24, 2.45) is 0 Å². The number of nitrogens with zero attached hydrogens (tertiary/aromatic N) is 1. The van der Waals surface area contributed by atoms with Crippen LogP contribution in [0.2, 0.25) is 0 Å². The van der Waals surface area contributed by atoms with Crippen LogP contribution in [0.15, 0.2) is 40.9 Å². The summed E-state index contributed by atoms with van der Waals surface area (Å²) in [7, 11) is 1.67. The standard InChI is InChI=1S/C17H17BrN2O/c1-11-4-6-15(17(8-11)21-3)12(2)20-16-7-5-14(18)9-13(16)10-19/h4-9,12,20H,1-3H3. The molecule has 0 spiro atoms. The molecule has 3 nitrogen and oxygen atoms in total. The molecule has 4 heteroatoms. The third kappa shape index (κ3) is 3.56. The van der Waals surface area contributed by atoms with Crippen molar-refractivity contribution in [2.45, 2.75) is 19.9 Å². The van der Waals surface area contributed by atoms with Crippen LogP contribution in [0.3, 0.4) is 0 Å². The van der Waals surface area contributed by atoms with Crippen molar-refractivity contribution in [1.82, 2.24) is 0 Å². The van der Waals surface area contributed by atoms with E-state index in [2.05, 4.69) is 46.4 Å². The average molecular weight is 345 g/mol. The van der Waals surface area contributed by atoms with E-state index in [4.69, 9.17) is 4.74 Å². The Morgan fingerprint density at radius 3 is 2.67 bits per heavy atom. The maximum atomic E-state index is 9.23. The van der Waals surface area contributed by atoms with Crippen LogP contribution in [0.1, 0.15) is 29.7 Å². The van der Waals surface area contributed by atoms with Crippen LogP contribution in [-0.4, -0.2) is 7.11 Å². The molecule has 1 unspecified atom stereocenters. The Kier molecular flexibility index (Phi) is 4.87. The van der Waals surface area contributed by atoms with Gasteiger partial charge in [-0.2, -0.15) is 5.26 Å². The van der Waals surface area contributed by atoms with Gasteiger partial charge in [-0.05, 0) is 43.7 Å². The Balaban J connectivity index is 2.30. The van der Waals surface area contributed by atoms with Crippen LogP contribution in [-0.2, 0) is 0 Å². The summed E-state index contributed by atoms with van der Waals surface area (Å²) in [5, 5.41) is 12.6. The summed E-state index contributed by atoms with van der Waals surface area (Å²) >= 11 is 3.38. The van der Waals surface area contributed by atoms with Crippen molar-refractivity contribution in [2.75, 3.05) is 12.4 Å². The number of rotatable bonds is 4. The first-order valence-corrected chi connectivity index (χ1v) is 7.45. The Hall–Kier alpha value is -1.99. The van der Waals surface area contributed by atoms with Crippen molar-refractivity contribution in [3.05, 3.63) is 57.6 Å². The van der Waals surface area contributed by atoms with Gasteiger partial charge >= 0.3 is 0 Å². The maximum absolute atomic E-state index is 9.23. The lowest BCUT2D eigenvalue weighted by Crippen LogP contribution is -2.09. The summed E-state index contributed by atoms with van der Waals surface area (Å²) in [5.74, 6) is 0.852. The second-order valence-electron chi connectivity index (χ2n) is 4.91. The zero-order chi connectivity index (χ0) is 15.4. The SMILES string of the molecule is COc1cc(C)ccc1C(C)Nc1ccc(Br)cc1C#N. The molecule has 0 fully saturated rings. The third-order valence-corrected chi connectivity index (χ3v) is 3.82. The topological polar surface area (TPSA) is 45.0 Å². The average Bonchev–Trinajstić information content (AvgIpc) is 2.48. The van der Waals surface area contributed by atoms with E-state index >= 15 is 0 Å². The first kappa shape index (κ1) is 15.4.